The summed E-state index contributed by atoms with van der Waals surface area (Å²) in [4.78, 5) is 33.9. The van der Waals surface area contributed by atoms with Crippen LogP contribution in [0.4, 0.5) is 16.2 Å². The number of nitrogens with zero attached hydrogens (tertiary/aromatic N) is 4. The number of ether oxygens (including phenoxy) is 2. The number of carbonyl (C=O) groups is 2. The lowest BCUT2D eigenvalue weighted by Gasteiger charge is -2.24. The van der Waals surface area contributed by atoms with Gasteiger partial charge in [-0.25, -0.2) is 18.2 Å². The first-order valence-electron chi connectivity index (χ1n) is 17.5. The van der Waals surface area contributed by atoms with Gasteiger partial charge < -0.3 is 19.4 Å². The number of nitrogens with one attached hydrogen (secondary N) is 3. The molecule has 0 aliphatic rings. The van der Waals surface area contributed by atoms with Gasteiger partial charge in [0, 0.05) is 29.9 Å². The molecule has 3 aromatic carbocycles. The first kappa shape index (κ1) is 37.7. The Kier molecular flexibility index (Phi) is 12.8. The van der Waals surface area contributed by atoms with Crippen LogP contribution in [-0.2, 0) is 37.9 Å². The Hall–Kier alpha value is -5.50. The maximum atomic E-state index is 14.2. The lowest BCUT2D eigenvalue weighted by molar-refractivity contribution is -0.141. The molecule has 0 saturated carbocycles. The number of unbranched alkanes of at least 4 members (excludes halogenated alkanes) is 5. The Morgan fingerprint density at radius 1 is 0.923 bits per heavy atom. The maximum Gasteiger partial charge on any atom is 0.412 e. The quantitative estimate of drug-likeness (QED) is 0.0399. The van der Waals surface area contributed by atoms with E-state index in [2.05, 4.69) is 22.5 Å². The number of alkyl carbamates (subject to hydrolysis) is 1. The second-order valence-corrected chi connectivity index (χ2v) is 14.1. The number of amidine groups is 1. The highest BCUT2D eigenvalue weighted by Gasteiger charge is 2.30. The number of carbonyl (C=O) groups excluding carboxylic acids is 2. The molecule has 0 spiro atoms. The summed E-state index contributed by atoms with van der Waals surface area (Å²) in [5.41, 5.74) is 3.15. The summed E-state index contributed by atoms with van der Waals surface area (Å²) in [6.07, 6.45) is 7.43. The van der Waals surface area contributed by atoms with Crippen molar-refractivity contribution in [3.05, 3.63) is 90.4 Å². The van der Waals surface area contributed by atoms with Crippen LogP contribution >= 0.6 is 0 Å². The van der Waals surface area contributed by atoms with E-state index < -0.39 is 28.6 Å². The van der Waals surface area contributed by atoms with Crippen molar-refractivity contribution in [2.45, 2.75) is 63.8 Å². The number of sulfonamides is 1. The molecule has 0 aliphatic heterocycles. The summed E-state index contributed by atoms with van der Waals surface area (Å²) in [6, 6.07) is 20.5. The fraction of sp³-hybridized carbons (Fsp3) is 0.342. The van der Waals surface area contributed by atoms with Crippen LogP contribution in [0.2, 0.25) is 0 Å². The summed E-state index contributed by atoms with van der Waals surface area (Å²) in [7, 11) is -2.40. The molecule has 5 rings (SSSR count). The smallest absolute Gasteiger partial charge is 0.412 e. The number of imidazole rings is 1. The molecule has 2 aromatic heterocycles. The second kappa shape index (κ2) is 17.6. The Balaban J connectivity index is 1.26. The predicted octanol–water partition coefficient (Wildman–Crippen LogP) is 6.90. The van der Waals surface area contributed by atoms with E-state index in [4.69, 9.17) is 19.9 Å². The van der Waals surface area contributed by atoms with Crippen LogP contribution in [-0.4, -0.2) is 60.6 Å². The van der Waals surface area contributed by atoms with E-state index in [-0.39, 0.29) is 23.0 Å². The molecule has 2 heterocycles. The fourth-order valence-electron chi connectivity index (χ4n) is 5.79. The molecule has 0 radical (unpaired) electrons. The molecule has 5 aromatic rings. The third kappa shape index (κ3) is 9.23. The average molecular weight is 728 g/mol. The Bertz CT molecular complexity index is 2130. The van der Waals surface area contributed by atoms with Crippen LogP contribution < -0.4 is 14.9 Å². The van der Waals surface area contributed by atoms with Gasteiger partial charge in [0.15, 0.2) is 0 Å². The Morgan fingerprint density at radius 2 is 1.67 bits per heavy atom. The van der Waals surface area contributed by atoms with Crippen molar-refractivity contribution in [2.24, 2.45) is 7.05 Å². The molecular formula is C38H45N7O6S. The first-order chi connectivity index (χ1) is 25.1. The van der Waals surface area contributed by atoms with Crippen LogP contribution in [0.15, 0.2) is 83.9 Å². The molecule has 1 amide bonds. The Labute approximate surface area is 303 Å². The van der Waals surface area contributed by atoms with Crippen molar-refractivity contribution in [3.8, 4) is 0 Å². The minimum atomic E-state index is -4.26. The number of rotatable bonds is 17. The van der Waals surface area contributed by atoms with Gasteiger partial charge in [0.25, 0.3) is 10.0 Å². The summed E-state index contributed by atoms with van der Waals surface area (Å²) in [6.45, 7) is 4.07. The third-order valence-electron chi connectivity index (χ3n) is 8.57. The van der Waals surface area contributed by atoms with E-state index in [1.165, 1.54) is 31.5 Å². The molecule has 274 valence electrons. The van der Waals surface area contributed by atoms with Gasteiger partial charge in [-0.05, 0) is 67.9 Å². The highest BCUT2D eigenvalue weighted by molar-refractivity contribution is 7.93. The summed E-state index contributed by atoms with van der Waals surface area (Å²) < 4.78 is 41.6. The Morgan fingerprint density at radius 3 is 2.44 bits per heavy atom. The zero-order chi connectivity index (χ0) is 37.1. The lowest BCUT2D eigenvalue weighted by atomic mass is 10.1. The van der Waals surface area contributed by atoms with Crippen molar-refractivity contribution in [1.29, 1.82) is 5.41 Å². The largest absolute Gasteiger partial charge is 0.465 e. The van der Waals surface area contributed by atoms with Gasteiger partial charge in [0.05, 0.1) is 42.0 Å². The molecule has 0 atom stereocenters. The number of esters is 1. The van der Waals surface area contributed by atoms with E-state index in [9.17, 15) is 18.0 Å². The van der Waals surface area contributed by atoms with Crippen molar-refractivity contribution in [3.63, 3.8) is 0 Å². The summed E-state index contributed by atoms with van der Waals surface area (Å²) in [5, 5.41) is 14.7. The van der Waals surface area contributed by atoms with Gasteiger partial charge in [-0.3, -0.25) is 24.8 Å². The highest BCUT2D eigenvalue weighted by atomic mass is 32.2. The normalized spacial score (nSPS) is 11.4. The van der Waals surface area contributed by atoms with Crippen LogP contribution in [0.3, 0.4) is 0 Å². The summed E-state index contributed by atoms with van der Waals surface area (Å²) in [5.74, 6) is -0.0659. The van der Waals surface area contributed by atoms with Crippen molar-refractivity contribution in [2.75, 3.05) is 29.4 Å². The minimum absolute atomic E-state index is 0.0266. The standard InChI is InChI=1S/C38H45N7O6S/c1-4-6-7-8-9-10-23-51-38(47)43-37(39)28-16-18-29(19-17-28)41-25-34-42-31-24-30(20-21-32(31)44(34)3)45(26-35(46)50-5-2)52(48,49)33-15-11-13-27-14-12-22-40-36(27)33/h11-22,24,41H,4-10,23,25-26H2,1-3H3,(H2,39,43,47). The number of para-hydroxylation sites is 1. The molecule has 0 bridgehead atoms. The SMILES string of the molecule is CCCCCCCCOC(=O)NC(=N)c1ccc(NCc2nc3cc(N(CC(=O)OCC)S(=O)(=O)c4cccc5cccnc45)ccc3n2C)cc1. The number of hydrogen-bond donors (Lipinski definition) is 3. The molecular weight excluding hydrogens is 683 g/mol. The van der Waals surface area contributed by atoms with Crippen LogP contribution in [0.1, 0.15) is 63.8 Å². The van der Waals surface area contributed by atoms with E-state index in [0.717, 1.165) is 34.8 Å². The molecule has 13 nitrogen and oxygen atoms in total. The maximum absolute atomic E-state index is 14.2. The highest BCUT2D eigenvalue weighted by Crippen LogP contribution is 2.30. The first-order valence-corrected chi connectivity index (χ1v) is 18.9. The van der Waals surface area contributed by atoms with E-state index >= 15 is 0 Å². The van der Waals surface area contributed by atoms with Crippen LogP contribution in [0, 0.1) is 5.41 Å². The lowest BCUT2D eigenvalue weighted by Crippen LogP contribution is -2.36. The van der Waals surface area contributed by atoms with Crippen molar-refractivity contribution in [1.82, 2.24) is 19.9 Å². The number of aryl methyl sites for hydroxylation is 1. The number of hydrogen-bond acceptors (Lipinski definition) is 10. The van der Waals surface area contributed by atoms with Crippen molar-refractivity contribution < 1.29 is 27.5 Å². The van der Waals surface area contributed by atoms with E-state index in [1.54, 1.807) is 73.7 Å². The van der Waals surface area contributed by atoms with Gasteiger partial charge in [-0.1, -0.05) is 57.2 Å². The van der Waals surface area contributed by atoms with Crippen LogP contribution in [0.25, 0.3) is 21.9 Å². The summed E-state index contributed by atoms with van der Waals surface area (Å²) >= 11 is 0. The fourth-order valence-corrected chi connectivity index (χ4v) is 7.36. The molecule has 52 heavy (non-hydrogen) atoms. The van der Waals surface area contributed by atoms with Gasteiger partial charge >= 0.3 is 12.1 Å². The minimum Gasteiger partial charge on any atom is -0.465 e. The third-order valence-corrected chi connectivity index (χ3v) is 10.4. The molecule has 3 N–H and O–H groups in total. The van der Waals surface area contributed by atoms with Crippen LogP contribution in [0.5, 0.6) is 0 Å². The molecule has 0 saturated heterocycles. The number of benzene rings is 3. The zero-order valence-electron chi connectivity index (χ0n) is 29.7. The molecule has 0 fully saturated rings. The van der Waals surface area contributed by atoms with E-state index in [0.29, 0.717) is 41.0 Å². The van der Waals surface area contributed by atoms with Crippen molar-refractivity contribution >= 4 is 61.2 Å². The molecule has 14 heteroatoms. The van der Waals surface area contributed by atoms with E-state index in [1.807, 2.05) is 11.6 Å². The number of amides is 1. The molecule has 0 unspecified atom stereocenters. The predicted molar refractivity (Wildman–Crippen MR) is 202 cm³/mol. The van der Waals surface area contributed by atoms with Gasteiger partial charge in [-0.2, -0.15) is 0 Å². The van der Waals surface area contributed by atoms with Gasteiger partial charge in [0.2, 0.25) is 0 Å². The van der Waals surface area contributed by atoms with Gasteiger partial charge in [0.1, 0.15) is 23.1 Å². The number of aromatic nitrogens is 3. The second-order valence-electron chi connectivity index (χ2n) is 12.2. The zero-order valence-corrected chi connectivity index (χ0v) is 30.5. The monoisotopic (exact) mass is 727 g/mol. The number of anilines is 2. The topological polar surface area (TPSA) is 169 Å². The molecule has 0 aliphatic carbocycles. The number of fused-ring (bicyclic) bond motifs is 2. The average Bonchev–Trinajstić information content (AvgIpc) is 3.46. The number of pyridine rings is 1. The van der Waals surface area contributed by atoms with Gasteiger partial charge in [-0.15, -0.1) is 0 Å².